The van der Waals surface area contributed by atoms with Gasteiger partial charge in [0.15, 0.2) is 0 Å². The maximum absolute atomic E-state index is 11.0. The highest BCUT2D eigenvalue weighted by molar-refractivity contribution is 5.78. The van der Waals surface area contributed by atoms with Crippen LogP contribution < -0.4 is 5.73 Å². The van der Waals surface area contributed by atoms with Crippen LogP contribution in [0.3, 0.4) is 0 Å². The number of amides is 1. The van der Waals surface area contributed by atoms with Gasteiger partial charge in [0.2, 0.25) is 5.91 Å². The minimum absolute atomic E-state index is 0.118. The van der Waals surface area contributed by atoms with Crippen LogP contribution in [0.2, 0.25) is 0 Å². The Balaban J connectivity index is 1.90. The van der Waals surface area contributed by atoms with E-state index in [1.807, 2.05) is 4.90 Å². The molecular weight excluding hydrogens is 128 g/mol. The van der Waals surface area contributed by atoms with Gasteiger partial charge in [-0.15, -0.1) is 0 Å². The van der Waals surface area contributed by atoms with Crippen LogP contribution in [0, 0.1) is 11.8 Å². The smallest absolute Gasteiger partial charge is 0.236 e. The first kappa shape index (κ1) is 6.16. The lowest BCUT2D eigenvalue weighted by molar-refractivity contribution is -0.129. The Labute approximate surface area is 60.2 Å². The fourth-order valence-electron chi connectivity index (χ4n) is 1.73. The summed E-state index contributed by atoms with van der Waals surface area (Å²) >= 11 is 0. The molecule has 0 unspecified atom stereocenters. The zero-order valence-electron chi connectivity index (χ0n) is 5.92. The molecule has 2 fully saturated rings. The fraction of sp³-hybridized carbons (Fsp3) is 0.857. The SMILES string of the molecule is NCC(=O)N1C[C@H]2C[C@H]2C1. The molecule has 0 radical (unpaired) electrons. The molecule has 2 atom stereocenters. The van der Waals surface area contributed by atoms with E-state index in [0.29, 0.717) is 0 Å². The van der Waals surface area contributed by atoms with Crippen LogP contribution in [0.15, 0.2) is 0 Å². The second kappa shape index (κ2) is 1.95. The Bertz CT molecular complexity index is 159. The lowest BCUT2D eigenvalue weighted by Crippen LogP contribution is -2.35. The molecular formula is C7H12N2O. The standard InChI is InChI=1S/C7H12N2O/c8-2-7(10)9-3-5-1-6(5)4-9/h5-6H,1-4,8H2/t5-,6+. The summed E-state index contributed by atoms with van der Waals surface area (Å²) in [4.78, 5) is 12.9. The molecule has 0 spiro atoms. The van der Waals surface area contributed by atoms with E-state index in [-0.39, 0.29) is 12.5 Å². The number of likely N-dealkylation sites (tertiary alicyclic amines) is 1. The Morgan fingerprint density at radius 3 is 2.60 bits per heavy atom. The van der Waals surface area contributed by atoms with Gasteiger partial charge >= 0.3 is 0 Å². The molecule has 1 heterocycles. The predicted molar refractivity (Wildman–Crippen MR) is 37.2 cm³/mol. The molecule has 0 bridgehead atoms. The highest BCUT2D eigenvalue weighted by Gasteiger charge is 2.46. The minimum atomic E-state index is 0.118. The topological polar surface area (TPSA) is 46.3 Å². The molecule has 0 aromatic heterocycles. The Hall–Kier alpha value is -0.570. The highest BCUT2D eigenvalue weighted by atomic mass is 16.2. The van der Waals surface area contributed by atoms with Gasteiger partial charge < -0.3 is 10.6 Å². The first-order valence-corrected chi connectivity index (χ1v) is 3.79. The van der Waals surface area contributed by atoms with Crippen molar-refractivity contribution in [2.45, 2.75) is 6.42 Å². The van der Waals surface area contributed by atoms with Crippen LogP contribution in [0.1, 0.15) is 6.42 Å². The van der Waals surface area contributed by atoms with Crippen LogP contribution >= 0.6 is 0 Å². The number of fused-ring (bicyclic) bond motifs is 1. The van der Waals surface area contributed by atoms with Gasteiger partial charge in [-0.25, -0.2) is 0 Å². The average Bonchev–Trinajstić information content (AvgIpc) is 2.57. The van der Waals surface area contributed by atoms with E-state index >= 15 is 0 Å². The van der Waals surface area contributed by atoms with Gasteiger partial charge in [0.25, 0.3) is 0 Å². The zero-order valence-corrected chi connectivity index (χ0v) is 5.92. The monoisotopic (exact) mass is 140 g/mol. The molecule has 1 aliphatic carbocycles. The number of piperidine rings is 1. The predicted octanol–water partition coefficient (Wildman–Crippen LogP) is -0.577. The van der Waals surface area contributed by atoms with Gasteiger partial charge in [0, 0.05) is 13.1 Å². The van der Waals surface area contributed by atoms with Crippen molar-refractivity contribution in [2.24, 2.45) is 17.6 Å². The Kier molecular flexibility index (Phi) is 1.20. The van der Waals surface area contributed by atoms with Crippen LogP contribution in [-0.2, 0) is 4.79 Å². The van der Waals surface area contributed by atoms with E-state index in [1.165, 1.54) is 6.42 Å². The van der Waals surface area contributed by atoms with Crippen molar-refractivity contribution < 1.29 is 4.79 Å². The number of hydrogen-bond donors (Lipinski definition) is 1. The molecule has 0 aromatic carbocycles. The second-order valence-electron chi connectivity index (χ2n) is 3.26. The zero-order chi connectivity index (χ0) is 7.14. The van der Waals surface area contributed by atoms with E-state index < -0.39 is 0 Å². The third-order valence-corrected chi connectivity index (χ3v) is 2.51. The molecule has 2 N–H and O–H groups in total. The number of carbonyl (C=O) groups is 1. The molecule has 1 amide bonds. The second-order valence-corrected chi connectivity index (χ2v) is 3.26. The van der Waals surface area contributed by atoms with Crippen molar-refractivity contribution in [1.82, 2.24) is 4.90 Å². The molecule has 1 saturated heterocycles. The normalized spacial score (nSPS) is 35.9. The van der Waals surface area contributed by atoms with Gasteiger partial charge in [0.1, 0.15) is 0 Å². The molecule has 3 nitrogen and oxygen atoms in total. The van der Waals surface area contributed by atoms with Crippen molar-refractivity contribution in [1.29, 1.82) is 0 Å². The van der Waals surface area contributed by atoms with E-state index in [1.54, 1.807) is 0 Å². The van der Waals surface area contributed by atoms with E-state index in [2.05, 4.69) is 0 Å². The first-order chi connectivity index (χ1) is 4.81. The van der Waals surface area contributed by atoms with Crippen LogP contribution in [-0.4, -0.2) is 30.4 Å². The number of hydrogen-bond acceptors (Lipinski definition) is 2. The highest BCUT2D eigenvalue weighted by Crippen LogP contribution is 2.44. The number of rotatable bonds is 1. The quantitative estimate of drug-likeness (QED) is 0.530. The Morgan fingerprint density at radius 2 is 2.10 bits per heavy atom. The minimum Gasteiger partial charge on any atom is -0.341 e. The van der Waals surface area contributed by atoms with Crippen LogP contribution in [0.25, 0.3) is 0 Å². The van der Waals surface area contributed by atoms with Crippen molar-refractivity contribution in [3.05, 3.63) is 0 Å². The summed E-state index contributed by atoms with van der Waals surface area (Å²) in [7, 11) is 0. The molecule has 1 aliphatic heterocycles. The van der Waals surface area contributed by atoms with Gasteiger partial charge in [-0.2, -0.15) is 0 Å². The third kappa shape index (κ3) is 0.814. The largest absolute Gasteiger partial charge is 0.341 e. The number of nitrogens with zero attached hydrogens (tertiary/aromatic N) is 1. The van der Waals surface area contributed by atoms with E-state index in [4.69, 9.17) is 5.73 Å². The van der Waals surface area contributed by atoms with Crippen LogP contribution in [0.4, 0.5) is 0 Å². The Morgan fingerprint density at radius 1 is 1.50 bits per heavy atom. The maximum Gasteiger partial charge on any atom is 0.236 e. The fourth-order valence-corrected chi connectivity index (χ4v) is 1.73. The summed E-state index contributed by atoms with van der Waals surface area (Å²) in [5.41, 5.74) is 5.22. The lowest BCUT2D eigenvalue weighted by Gasteiger charge is -2.15. The summed E-state index contributed by atoms with van der Waals surface area (Å²) in [5.74, 6) is 1.78. The van der Waals surface area contributed by atoms with Gasteiger partial charge in [0.05, 0.1) is 6.54 Å². The van der Waals surface area contributed by atoms with Crippen molar-refractivity contribution >= 4 is 5.91 Å². The first-order valence-electron chi connectivity index (χ1n) is 3.79. The molecule has 10 heavy (non-hydrogen) atoms. The van der Waals surface area contributed by atoms with Crippen LogP contribution in [0.5, 0.6) is 0 Å². The number of nitrogens with two attached hydrogens (primary N) is 1. The summed E-state index contributed by atoms with van der Waals surface area (Å²) in [6.07, 6.45) is 1.34. The lowest BCUT2D eigenvalue weighted by atomic mass is 10.4. The summed E-state index contributed by atoms with van der Waals surface area (Å²) in [6, 6.07) is 0. The molecule has 1 saturated carbocycles. The number of carbonyl (C=O) groups excluding carboxylic acids is 1. The van der Waals surface area contributed by atoms with Gasteiger partial charge in [-0.1, -0.05) is 0 Å². The average molecular weight is 140 g/mol. The summed E-state index contributed by atoms with van der Waals surface area (Å²) in [5, 5.41) is 0. The maximum atomic E-state index is 11.0. The van der Waals surface area contributed by atoms with Gasteiger partial charge in [-0.05, 0) is 18.3 Å². The molecule has 56 valence electrons. The molecule has 2 aliphatic rings. The van der Waals surface area contributed by atoms with Crippen molar-refractivity contribution in [3.8, 4) is 0 Å². The van der Waals surface area contributed by atoms with E-state index in [0.717, 1.165) is 24.9 Å². The molecule has 2 rings (SSSR count). The third-order valence-electron chi connectivity index (χ3n) is 2.51. The van der Waals surface area contributed by atoms with Crippen molar-refractivity contribution in [3.63, 3.8) is 0 Å². The van der Waals surface area contributed by atoms with Gasteiger partial charge in [-0.3, -0.25) is 4.79 Å². The molecule has 0 aromatic rings. The van der Waals surface area contributed by atoms with Crippen molar-refractivity contribution in [2.75, 3.05) is 19.6 Å². The van der Waals surface area contributed by atoms with E-state index in [9.17, 15) is 4.79 Å². The summed E-state index contributed by atoms with van der Waals surface area (Å²) in [6.45, 7) is 2.13. The summed E-state index contributed by atoms with van der Waals surface area (Å²) < 4.78 is 0. The molecule has 3 heteroatoms.